The molecule has 5 rings (SSSR count). The zero-order valence-electron chi connectivity index (χ0n) is 16.5. The van der Waals surface area contributed by atoms with E-state index in [1.165, 1.54) is 21.5 Å². The van der Waals surface area contributed by atoms with Crippen LogP contribution in [0.25, 0.3) is 32.3 Å². The Kier molecular flexibility index (Phi) is 3.59. The topological polar surface area (TPSA) is 38.7 Å². The summed E-state index contributed by atoms with van der Waals surface area (Å²) < 4.78 is 12.3. The number of rotatable bonds is 4. The molecule has 0 saturated heterocycles. The Morgan fingerprint density at radius 2 is 1.43 bits per heavy atom. The summed E-state index contributed by atoms with van der Waals surface area (Å²) in [5.74, 6) is 1.73. The molecule has 0 saturated carbocycles. The van der Waals surface area contributed by atoms with E-state index < -0.39 is 11.2 Å². The monoisotopic (exact) mass is 369 g/mol. The van der Waals surface area contributed by atoms with Crippen molar-refractivity contribution in [3.8, 4) is 11.5 Å². The number of hydrogen-bond acceptors (Lipinski definition) is 3. The van der Waals surface area contributed by atoms with Crippen molar-refractivity contribution in [2.75, 3.05) is 0 Å². The van der Waals surface area contributed by atoms with E-state index >= 15 is 0 Å². The Morgan fingerprint density at radius 1 is 0.786 bits per heavy atom. The normalized spacial score (nSPS) is 13.6. The molecule has 0 amide bonds. The Labute approximate surface area is 165 Å². The van der Waals surface area contributed by atoms with Crippen LogP contribution in [-0.2, 0) is 4.65 Å². The van der Waals surface area contributed by atoms with Gasteiger partial charge in [-0.15, -0.1) is 0 Å². The third-order valence-corrected chi connectivity index (χ3v) is 6.07. The average Bonchev–Trinajstić information content (AvgIpc) is 2.65. The molecule has 0 aromatic heterocycles. The van der Waals surface area contributed by atoms with Crippen LogP contribution < -0.4 is 10.2 Å². The Bertz CT molecular complexity index is 1250. The Hall–Kier alpha value is -2.56. The molecule has 0 unspecified atom stereocenters. The maximum absolute atomic E-state index is 10.3. The zero-order valence-corrected chi connectivity index (χ0v) is 16.5. The lowest BCUT2D eigenvalue weighted by Crippen LogP contribution is -2.49. The Morgan fingerprint density at radius 3 is 2.14 bits per heavy atom. The molecule has 0 bridgehead atoms. The summed E-state index contributed by atoms with van der Waals surface area (Å²) in [6, 6.07) is 18.9. The van der Waals surface area contributed by atoms with Crippen LogP contribution in [0, 0.1) is 0 Å². The van der Waals surface area contributed by atoms with E-state index in [0.29, 0.717) is 0 Å². The first-order chi connectivity index (χ1) is 13.2. The van der Waals surface area contributed by atoms with E-state index in [1.807, 2.05) is 32.0 Å². The molecule has 0 fully saturated rings. The SMILES string of the molecule is CC(C)(O)C(C)(C)O[B]c1cc2c3c(ccc4ccc5cccc(c5c43)O2)c1. The van der Waals surface area contributed by atoms with Gasteiger partial charge in [-0.1, -0.05) is 42.5 Å². The molecule has 1 radical (unpaired) electrons. The minimum atomic E-state index is -0.966. The van der Waals surface area contributed by atoms with Crippen molar-refractivity contribution < 1.29 is 14.5 Å². The van der Waals surface area contributed by atoms with Gasteiger partial charge in [0.15, 0.2) is 0 Å². The van der Waals surface area contributed by atoms with Gasteiger partial charge in [0.2, 0.25) is 0 Å². The third-order valence-electron chi connectivity index (χ3n) is 6.07. The first-order valence-electron chi connectivity index (χ1n) is 9.58. The molecule has 1 aliphatic rings. The maximum Gasteiger partial charge on any atom is 0.331 e. The quantitative estimate of drug-likeness (QED) is 0.355. The largest absolute Gasteiger partial charge is 0.456 e. The average molecular weight is 369 g/mol. The van der Waals surface area contributed by atoms with Crippen LogP contribution in [0.4, 0.5) is 0 Å². The Balaban J connectivity index is 1.67. The van der Waals surface area contributed by atoms with E-state index in [0.717, 1.165) is 27.7 Å². The van der Waals surface area contributed by atoms with E-state index in [2.05, 4.69) is 36.4 Å². The molecule has 4 aromatic carbocycles. The number of hydrogen-bond donors (Lipinski definition) is 1. The molecule has 1 heterocycles. The van der Waals surface area contributed by atoms with E-state index in [1.54, 1.807) is 21.3 Å². The molecule has 0 atom stereocenters. The molecule has 1 aliphatic heterocycles. The summed E-state index contributed by atoms with van der Waals surface area (Å²) in [7, 11) is 1.71. The summed E-state index contributed by atoms with van der Waals surface area (Å²) >= 11 is 0. The van der Waals surface area contributed by atoms with Gasteiger partial charge in [0.1, 0.15) is 11.5 Å². The number of ether oxygens (including phenoxy) is 1. The van der Waals surface area contributed by atoms with Gasteiger partial charge in [0, 0.05) is 16.2 Å². The lowest BCUT2D eigenvalue weighted by molar-refractivity contribution is -0.0893. The molecular formula is C24H22BO3. The molecule has 3 nitrogen and oxygen atoms in total. The predicted molar refractivity (Wildman–Crippen MR) is 116 cm³/mol. The van der Waals surface area contributed by atoms with Gasteiger partial charge >= 0.3 is 7.48 Å². The highest BCUT2D eigenvalue weighted by Crippen LogP contribution is 2.46. The van der Waals surface area contributed by atoms with E-state index in [9.17, 15) is 5.11 Å². The summed E-state index contributed by atoms with van der Waals surface area (Å²) in [5.41, 5.74) is -0.778. The molecule has 139 valence electrons. The fraction of sp³-hybridized carbons (Fsp3) is 0.250. The van der Waals surface area contributed by atoms with Crippen LogP contribution >= 0.6 is 0 Å². The van der Waals surface area contributed by atoms with Crippen LogP contribution in [0.15, 0.2) is 54.6 Å². The van der Waals surface area contributed by atoms with Crippen LogP contribution in [0.1, 0.15) is 27.7 Å². The van der Waals surface area contributed by atoms with E-state index in [-0.39, 0.29) is 0 Å². The highest BCUT2D eigenvalue weighted by molar-refractivity contribution is 6.48. The standard InChI is InChI=1S/C24H22BO3/c1-23(2,26)24(3,4)28-25-17-12-16-11-10-15-9-8-14-6-5-7-18-20(14)22(15)21(16)19(13-17)27-18/h5-13,26H,1-4H3. The third kappa shape index (κ3) is 2.52. The van der Waals surface area contributed by atoms with Gasteiger partial charge in [0.05, 0.1) is 11.2 Å². The van der Waals surface area contributed by atoms with Crippen molar-refractivity contribution in [3.63, 3.8) is 0 Å². The first kappa shape index (κ1) is 17.5. The highest BCUT2D eigenvalue weighted by Gasteiger charge is 2.35. The second kappa shape index (κ2) is 5.73. The van der Waals surface area contributed by atoms with Crippen molar-refractivity contribution in [3.05, 3.63) is 54.6 Å². The molecule has 0 aliphatic carbocycles. The summed E-state index contributed by atoms with van der Waals surface area (Å²) in [4.78, 5) is 0. The minimum absolute atomic E-state index is 0.720. The van der Waals surface area contributed by atoms with Crippen LogP contribution in [-0.4, -0.2) is 23.8 Å². The van der Waals surface area contributed by atoms with Crippen molar-refractivity contribution in [2.24, 2.45) is 0 Å². The summed E-state index contributed by atoms with van der Waals surface area (Å²) in [5, 5.41) is 17.4. The molecule has 1 N–H and O–H groups in total. The van der Waals surface area contributed by atoms with Gasteiger partial charge < -0.3 is 14.5 Å². The van der Waals surface area contributed by atoms with Crippen molar-refractivity contribution >= 4 is 45.3 Å². The second-order valence-corrected chi connectivity index (χ2v) is 8.61. The van der Waals surface area contributed by atoms with Gasteiger partial charge in [-0.05, 0) is 61.4 Å². The van der Waals surface area contributed by atoms with E-state index in [4.69, 9.17) is 9.39 Å². The number of benzene rings is 4. The number of aliphatic hydroxyl groups is 1. The molecule has 4 heteroatoms. The summed E-state index contributed by atoms with van der Waals surface area (Å²) in [6.07, 6.45) is 0. The lowest BCUT2D eigenvalue weighted by Gasteiger charge is -2.37. The van der Waals surface area contributed by atoms with Gasteiger partial charge in [-0.3, -0.25) is 0 Å². The van der Waals surface area contributed by atoms with Crippen molar-refractivity contribution in [1.29, 1.82) is 0 Å². The fourth-order valence-electron chi connectivity index (χ4n) is 3.72. The van der Waals surface area contributed by atoms with Crippen molar-refractivity contribution in [1.82, 2.24) is 0 Å². The van der Waals surface area contributed by atoms with Crippen LogP contribution in [0.2, 0.25) is 0 Å². The van der Waals surface area contributed by atoms with Gasteiger partial charge in [0.25, 0.3) is 0 Å². The minimum Gasteiger partial charge on any atom is -0.456 e. The zero-order chi connectivity index (χ0) is 19.7. The predicted octanol–water partition coefficient (Wildman–Crippen LogP) is 5.06. The second-order valence-electron chi connectivity index (χ2n) is 8.61. The molecule has 28 heavy (non-hydrogen) atoms. The maximum atomic E-state index is 10.3. The van der Waals surface area contributed by atoms with Gasteiger partial charge in [-0.25, -0.2) is 0 Å². The lowest BCUT2D eigenvalue weighted by atomic mass is 9.81. The van der Waals surface area contributed by atoms with Crippen LogP contribution in [0.3, 0.4) is 0 Å². The highest BCUT2D eigenvalue weighted by atomic mass is 16.5. The molecular weight excluding hydrogens is 347 g/mol. The molecule has 0 spiro atoms. The smallest absolute Gasteiger partial charge is 0.331 e. The van der Waals surface area contributed by atoms with Crippen LogP contribution in [0.5, 0.6) is 11.5 Å². The summed E-state index contributed by atoms with van der Waals surface area (Å²) in [6.45, 7) is 7.27. The van der Waals surface area contributed by atoms with Gasteiger partial charge in [-0.2, -0.15) is 0 Å². The molecule has 4 aromatic rings. The first-order valence-corrected chi connectivity index (χ1v) is 9.58. The van der Waals surface area contributed by atoms with Crippen molar-refractivity contribution in [2.45, 2.75) is 38.9 Å². The fourth-order valence-corrected chi connectivity index (χ4v) is 3.72.